The van der Waals surface area contributed by atoms with Crippen LogP contribution in [0.3, 0.4) is 0 Å². The van der Waals surface area contributed by atoms with Crippen molar-refractivity contribution in [3.05, 3.63) is 41.0 Å². The first-order valence-electron chi connectivity index (χ1n) is 8.36. The van der Waals surface area contributed by atoms with Crippen molar-refractivity contribution in [2.45, 2.75) is 39.0 Å². The standard InChI is InChI=1S/C19H25NO4/c1-14-8-9-16(12-17(14)23-2)19(22)24-13-18(21)20-11-10-15-6-4-3-5-7-15/h6,8-9,12H,3-5,7,10-11,13H2,1-2H3,(H,20,21). The van der Waals surface area contributed by atoms with E-state index < -0.39 is 5.97 Å². The number of esters is 1. The number of nitrogens with one attached hydrogen (secondary N) is 1. The molecule has 2 rings (SSSR count). The smallest absolute Gasteiger partial charge is 0.338 e. The Kier molecular flexibility index (Phi) is 6.85. The number of ether oxygens (including phenoxy) is 2. The van der Waals surface area contributed by atoms with Crippen molar-refractivity contribution in [1.82, 2.24) is 5.32 Å². The van der Waals surface area contributed by atoms with E-state index in [4.69, 9.17) is 9.47 Å². The Balaban J connectivity index is 1.72. The maximum Gasteiger partial charge on any atom is 0.338 e. The van der Waals surface area contributed by atoms with Crippen molar-refractivity contribution in [3.63, 3.8) is 0 Å². The summed E-state index contributed by atoms with van der Waals surface area (Å²) >= 11 is 0. The van der Waals surface area contributed by atoms with Gasteiger partial charge in [0.05, 0.1) is 12.7 Å². The Morgan fingerprint density at radius 1 is 1.25 bits per heavy atom. The molecular formula is C19H25NO4. The monoisotopic (exact) mass is 331 g/mol. The van der Waals surface area contributed by atoms with E-state index in [1.54, 1.807) is 25.3 Å². The molecule has 24 heavy (non-hydrogen) atoms. The Hall–Kier alpha value is -2.30. The molecule has 1 aromatic carbocycles. The predicted octanol–water partition coefficient (Wildman–Crippen LogP) is 3.17. The minimum absolute atomic E-state index is 0.270. The van der Waals surface area contributed by atoms with Crippen LogP contribution in [0.15, 0.2) is 29.8 Å². The van der Waals surface area contributed by atoms with Crippen LogP contribution in [0.1, 0.15) is 48.0 Å². The summed E-state index contributed by atoms with van der Waals surface area (Å²) in [5, 5.41) is 2.79. The van der Waals surface area contributed by atoms with Gasteiger partial charge in [-0.15, -0.1) is 0 Å². The number of carbonyl (C=O) groups excluding carboxylic acids is 2. The second-order valence-electron chi connectivity index (χ2n) is 5.97. The summed E-state index contributed by atoms with van der Waals surface area (Å²) in [7, 11) is 1.55. The number of rotatable bonds is 7. The Morgan fingerprint density at radius 2 is 2.08 bits per heavy atom. The molecule has 1 amide bonds. The summed E-state index contributed by atoms with van der Waals surface area (Å²) in [6.07, 6.45) is 7.89. The molecule has 0 spiro atoms. The molecule has 0 heterocycles. The van der Waals surface area contributed by atoms with Crippen molar-refractivity contribution in [2.75, 3.05) is 20.3 Å². The highest BCUT2D eigenvalue weighted by atomic mass is 16.5. The Bertz CT molecular complexity index is 622. The number of amides is 1. The van der Waals surface area contributed by atoms with E-state index in [2.05, 4.69) is 11.4 Å². The molecule has 1 aliphatic carbocycles. The van der Waals surface area contributed by atoms with Gasteiger partial charge < -0.3 is 14.8 Å². The molecule has 0 bridgehead atoms. The van der Waals surface area contributed by atoms with E-state index in [0.717, 1.165) is 24.8 Å². The van der Waals surface area contributed by atoms with Crippen LogP contribution in [-0.4, -0.2) is 32.1 Å². The zero-order chi connectivity index (χ0) is 17.4. The third kappa shape index (κ3) is 5.41. The van der Waals surface area contributed by atoms with E-state index in [1.807, 2.05) is 6.92 Å². The highest BCUT2D eigenvalue weighted by Gasteiger charge is 2.12. The van der Waals surface area contributed by atoms with Crippen molar-refractivity contribution in [2.24, 2.45) is 0 Å². The molecule has 0 aromatic heterocycles. The fourth-order valence-electron chi connectivity index (χ4n) is 2.71. The first-order chi connectivity index (χ1) is 11.6. The summed E-state index contributed by atoms with van der Waals surface area (Å²) in [5.41, 5.74) is 2.71. The van der Waals surface area contributed by atoms with Gasteiger partial charge in [-0.3, -0.25) is 4.79 Å². The maximum absolute atomic E-state index is 12.0. The number of benzene rings is 1. The largest absolute Gasteiger partial charge is 0.496 e. The van der Waals surface area contributed by atoms with Crippen LogP contribution in [0.25, 0.3) is 0 Å². The number of aryl methyl sites for hydroxylation is 1. The Labute approximate surface area is 143 Å². The van der Waals surface area contributed by atoms with Crippen molar-refractivity contribution < 1.29 is 19.1 Å². The van der Waals surface area contributed by atoms with E-state index in [0.29, 0.717) is 17.9 Å². The van der Waals surface area contributed by atoms with Gasteiger partial charge in [0.1, 0.15) is 5.75 Å². The molecule has 0 unspecified atom stereocenters. The fraction of sp³-hybridized carbons (Fsp3) is 0.474. The minimum atomic E-state index is -0.529. The highest BCUT2D eigenvalue weighted by Crippen LogP contribution is 2.20. The first-order valence-corrected chi connectivity index (χ1v) is 8.36. The second kappa shape index (κ2) is 9.11. The van der Waals surface area contributed by atoms with E-state index in [1.165, 1.54) is 18.4 Å². The number of methoxy groups -OCH3 is 1. The Morgan fingerprint density at radius 3 is 2.79 bits per heavy atom. The molecule has 1 aliphatic rings. The molecule has 5 heteroatoms. The zero-order valence-electron chi connectivity index (χ0n) is 14.4. The molecule has 0 aliphatic heterocycles. The normalized spacial score (nSPS) is 13.8. The van der Waals surface area contributed by atoms with Gasteiger partial charge in [0.25, 0.3) is 5.91 Å². The number of carbonyl (C=O) groups is 2. The minimum Gasteiger partial charge on any atom is -0.496 e. The number of hydrogen-bond acceptors (Lipinski definition) is 4. The predicted molar refractivity (Wildman–Crippen MR) is 92.2 cm³/mol. The summed E-state index contributed by atoms with van der Waals surface area (Å²) < 4.78 is 10.2. The van der Waals surface area contributed by atoms with Crippen LogP contribution in [0.2, 0.25) is 0 Å². The maximum atomic E-state index is 12.0. The molecule has 0 atom stereocenters. The fourth-order valence-corrected chi connectivity index (χ4v) is 2.71. The van der Waals surface area contributed by atoms with Gasteiger partial charge in [-0.25, -0.2) is 4.79 Å². The average molecular weight is 331 g/mol. The van der Waals surface area contributed by atoms with Crippen LogP contribution in [0.4, 0.5) is 0 Å². The van der Waals surface area contributed by atoms with E-state index in [-0.39, 0.29) is 12.5 Å². The molecule has 1 N–H and O–H groups in total. The third-order valence-electron chi connectivity index (χ3n) is 4.13. The third-order valence-corrected chi connectivity index (χ3v) is 4.13. The van der Waals surface area contributed by atoms with Crippen LogP contribution in [0, 0.1) is 6.92 Å². The number of allylic oxidation sites excluding steroid dienone is 1. The lowest BCUT2D eigenvalue weighted by atomic mass is 9.97. The van der Waals surface area contributed by atoms with Crippen molar-refractivity contribution >= 4 is 11.9 Å². The molecule has 5 nitrogen and oxygen atoms in total. The molecule has 0 saturated carbocycles. The van der Waals surface area contributed by atoms with Gasteiger partial charge in [-0.05, 0) is 56.7 Å². The van der Waals surface area contributed by atoms with Gasteiger partial charge in [0, 0.05) is 6.54 Å². The van der Waals surface area contributed by atoms with Gasteiger partial charge in [-0.1, -0.05) is 17.7 Å². The molecule has 130 valence electrons. The van der Waals surface area contributed by atoms with Crippen LogP contribution in [-0.2, 0) is 9.53 Å². The summed E-state index contributed by atoms with van der Waals surface area (Å²) in [5.74, 6) is -0.188. The summed E-state index contributed by atoms with van der Waals surface area (Å²) in [6.45, 7) is 2.21. The van der Waals surface area contributed by atoms with Gasteiger partial charge in [0.15, 0.2) is 6.61 Å². The van der Waals surface area contributed by atoms with Crippen LogP contribution >= 0.6 is 0 Å². The average Bonchev–Trinajstić information content (AvgIpc) is 2.61. The first kappa shape index (κ1) is 18.0. The lowest BCUT2D eigenvalue weighted by molar-refractivity contribution is -0.124. The molecular weight excluding hydrogens is 306 g/mol. The molecule has 0 fully saturated rings. The number of hydrogen-bond donors (Lipinski definition) is 1. The molecule has 0 radical (unpaired) electrons. The molecule has 1 aromatic rings. The quantitative estimate of drug-likeness (QED) is 0.616. The van der Waals surface area contributed by atoms with E-state index >= 15 is 0 Å². The van der Waals surface area contributed by atoms with Gasteiger partial charge >= 0.3 is 5.97 Å². The van der Waals surface area contributed by atoms with E-state index in [9.17, 15) is 9.59 Å². The summed E-state index contributed by atoms with van der Waals surface area (Å²) in [6, 6.07) is 5.06. The van der Waals surface area contributed by atoms with Crippen LogP contribution in [0.5, 0.6) is 5.75 Å². The van der Waals surface area contributed by atoms with Crippen molar-refractivity contribution in [3.8, 4) is 5.75 Å². The highest BCUT2D eigenvalue weighted by molar-refractivity contribution is 5.91. The summed E-state index contributed by atoms with van der Waals surface area (Å²) in [4.78, 5) is 23.7. The zero-order valence-corrected chi connectivity index (χ0v) is 14.4. The van der Waals surface area contributed by atoms with Gasteiger partial charge in [-0.2, -0.15) is 0 Å². The van der Waals surface area contributed by atoms with Gasteiger partial charge in [0.2, 0.25) is 0 Å². The van der Waals surface area contributed by atoms with Crippen LogP contribution < -0.4 is 10.1 Å². The SMILES string of the molecule is COc1cc(C(=O)OCC(=O)NCCC2=CCCCC2)ccc1C. The molecule has 0 saturated heterocycles. The van der Waals surface area contributed by atoms with Crippen molar-refractivity contribution in [1.29, 1.82) is 0 Å². The second-order valence-corrected chi connectivity index (χ2v) is 5.97. The lowest BCUT2D eigenvalue weighted by Gasteiger charge is -2.13. The lowest BCUT2D eigenvalue weighted by Crippen LogP contribution is -2.29. The topological polar surface area (TPSA) is 64.6 Å².